The molecule has 7 nitrogen and oxygen atoms in total. The van der Waals surface area contributed by atoms with Gasteiger partial charge < -0.3 is 19.0 Å². The van der Waals surface area contributed by atoms with Gasteiger partial charge >= 0.3 is 5.97 Å². The number of ether oxygens (including phenoxy) is 2. The lowest BCUT2D eigenvalue weighted by Crippen LogP contribution is -2.30. The fraction of sp³-hybridized carbons (Fsp3) is 0.240. The number of fused-ring (bicyclic) bond motifs is 1. The largest absolute Gasteiger partial charge is 0.492 e. The zero-order chi connectivity index (χ0) is 23.8. The number of carboxylic acid groups (broad SMARTS) is 1. The van der Waals surface area contributed by atoms with E-state index in [4.69, 9.17) is 13.9 Å². The number of halogens is 1. The maximum absolute atomic E-state index is 13.9. The summed E-state index contributed by atoms with van der Waals surface area (Å²) in [6.07, 6.45) is 0. The number of hydrogen-bond acceptors (Lipinski definition) is 6. The molecule has 0 amide bonds. The number of pyridine rings is 1. The number of aliphatic carboxylic acids is 1. The van der Waals surface area contributed by atoms with E-state index in [1.165, 1.54) is 12.1 Å². The minimum atomic E-state index is -1.01. The number of aromatic nitrogens is 2. The van der Waals surface area contributed by atoms with Gasteiger partial charge in [-0.2, -0.15) is 4.98 Å². The molecule has 4 rings (SSSR count). The van der Waals surface area contributed by atoms with Crippen molar-refractivity contribution in [3.8, 4) is 28.8 Å². The highest BCUT2D eigenvalue weighted by molar-refractivity contribution is 5.75. The van der Waals surface area contributed by atoms with Crippen LogP contribution in [-0.4, -0.2) is 27.7 Å². The quantitative estimate of drug-likeness (QED) is 0.373. The lowest BCUT2D eigenvalue weighted by Gasteiger charge is -2.21. The molecule has 0 aliphatic carbocycles. The highest BCUT2D eigenvalue weighted by atomic mass is 19.1. The minimum absolute atomic E-state index is 0.0426. The van der Waals surface area contributed by atoms with E-state index >= 15 is 0 Å². The summed E-state index contributed by atoms with van der Waals surface area (Å²) in [4.78, 5) is 20.1. The number of hydrogen-bond donors (Lipinski definition) is 1. The normalized spacial score (nSPS) is 11.5. The van der Waals surface area contributed by atoms with Gasteiger partial charge in [0, 0.05) is 11.6 Å². The number of rotatable bonds is 7. The Balaban J connectivity index is 1.59. The zero-order valence-corrected chi connectivity index (χ0v) is 18.7. The van der Waals surface area contributed by atoms with Crippen LogP contribution in [0.2, 0.25) is 0 Å². The van der Waals surface area contributed by atoms with Crippen LogP contribution in [0.5, 0.6) is 17.4 Å². The van der Waals surface area contributed by atoms with Crippen molar-refractivity contribution in [1.29, 1.82) is 0 Å². The van der Waals surface area contributed by atoms with Gasteiger partial charge in [0.1, 0.15) is 17.9 Å². The summed E-state index contributed by atoms with van der Waals surface area (Å²) in [5.74, 6) is -0.166. The second-order valence-corrected chi connectivity index (χ2v) is 8.44. The first-order valence-corrected chi connectivity index (χ1v) is 10.3. The average molecular weight is 450 g/mol. The van der Waals surface area contributed by atoms with Gasteiger partial charge in [-0.25, -0.2) is 9.37 Å². The number of para-hydroxylation sites is 1. The summed E-state index contributed by atoms with van der Waals surface area (Å²) >= 11 is 0. The van der Waals surface area contributed by atoms with Crippen molar-refractivity contribution in [2.75, 3.05) is 6.61 Å². The van der Waals surface area contributed by atoms with Crippen LogP contribution in [0.1, 0.15) is 25.0 Å². The Morgan fingerprint density at radius 1 is 1.09 bits per heavy atom. The van der Waals surface area contributed by atoms with Crippen molar-refractivity contribution in [1.82, 2.24) is 9.97 Å². The first-order valence-electron chi connectivity index (χ1n) is 10.3. The van der Waals surface area contributed by atoms with Crippen LogP contribution in [-0.2, 0) is 4.79 Å². The summed E-state index contributed by atoms with van der Waals surface area (Å²) in [6.45, 7) is 7.02. The van der Waals surface area contributed by atoms with Crippen molar-refractivity contribution < 1.29 is 28.2 Å². The van der Waals surface area contributed by atoms with Crippen molar-refractivity contribution in [3.05, 3.63) is 65.5 Å². The Kier molecular flexibility index (Phi) is 5.76. The molecular formula is C25H23FN2O5. The summed E-state index contributed by atoms with van der Waals surface area (Å²) in [7, 11) is 0. The van der Waals surface area contributed by atoms with Crippen LogP contribution in [0, 0.1) is 25.1 Å². The third kappa shape index (κ3) is 4.64. The van der Waals surface area contributed by atoms with E-state index in [0.717, 1.165) is 16.7 Å². The molecule has 0 aliphatic rings. The first-order chi connectivity index (χ1) is 15.6. The zero-order valence-electron chi connectivity index (χ0n) is 18.7. The molecule has 2 aromatic carbocycles. The lowest BCUT2D eigenvalue weighted by atomic mass is 9.95. The number of carbonyl (C=O) groups is 1. The molecule has 0 saturated carbocycles. The SMILES string of the molecule is Cc1cc(-c2nc3ccc(Oc4ccccc4F)nc3o2)cc(C)c1OCC(C)(C)C(=O)O. The second kappa shape index (κ2) is 8.54. The Bertz CT molecular complexity index is 1320. The molecule has 2 aromatic heterocycles. The van der Waals surface area contributed by atoms with Gasteiger partial charge in [-0.15, -0.1) is 0 Å². The third-order valence-electron chi connectivity index (χ3n) is 5.14. The Hall–Kier alpha value is -3.94. The van der Waals surface area contributed by atoms with Gasteiger partial charge in [0.2, 0.25) is 11.8 Å². The molecule has 0 unspecified atom stereocenters. The number of benzene rings is 2. The van der Waals surface area contributed by atoms with E-state index in [-0.39, 0.29) is 23.9 Å². The maximum atomic E-state index is 13.9. The molecule has 0 aliphatic heterocycles. The van der Waals surface area contributed by atoms with Crippen molar-refractivity contribution in [3.63, 3.8) is 0 Å². The Morgan fingerprint density at radius 2 is 1.79 bits per heavy atom. The fourth-order valence-electron chi connectivity index (χ4n) is 3.24. The summed E-state index contributed by atoms with van der Waals surface area (Å²) in [6, 6.07) is 13.1. The van der Waals surface area contributed by atoms with Crippen LogP contribution in [0.25, 0.3) is 22.7 Å². The lowest BCUT2D eigenvalue weighted by molar-refractivity contribution is -0.148. The molecule has 1 N–H and O–H groups in total. The molecule has 0 saturated heterocycles. The number of oxazole rings is 1. The predicted octanol–water partition coefficient (Wildman–Crippen LogP) is 5.93. The number of nitrogens with zero attached hydrogens (tertiary/aromatic N) is 2. The molecule has 0 bridgehead atoms. The van der Waals surface area contributed by atoms with E-state index in [1.807, 2.05) is 26.0 Å². The smallest absolute Gasteiger partial charge is 0.312 e. The first kappa shape index (κ1) is 22.3. The number of aryl methyl sites for hydroxylation is 2. The molecule has 170 valence electrons. The van der Waals surface area contributed by atoms with Gasteiger partial charge in [0.25, 0.3) is 5.71 Å². The molecule has 0 spiro atoms. The van der Waals surface area contributed by atoms with Crippen LogP contribution >= 0.6 is 0 Å². The van der Waals surface area contributed by atoms with Crippen molar-refractivity contribution in [2.24, 2.45) is 5.41 Å². The average Bonchev–Trinajstić information content (AvgIpc) is 3.18. The second-order valence-electron chi connectivity index (χ2n) is 8.44. The van der Waals surface area contributed by atoms with E-state index < -0.39 is 17.2 Å². The van der Waals surface area contributed by atoms with Crippen LogP contribution in [0.4, 0.5) is 4.39 Å². The molecule has 4 aromatic rings. The Morgan fingerprint density at radius 3 is 2.45 bits per heavy atom. The third-order valence-corrected chi connectivity index (χ3v) is 5.14. The summed E-state index contributed by atoms with van der Waals surface area (Å²) < 4.78 is 31.1. The topological polar surface area (TPSA) is 94.7 Å². The van der Waals surface area contributed by atoms with Crippen LogP contribution < -0.4 is 9.47 Å². The van der Waals surface area contributed by atoms with Crippen molar-refractivity contribution >= 4 is 17.2 Å². The highest BCUT2D eigenvalue weighted by Crippen LogP contribution is 2.33. The van der Waals surface area contributed by atoms with E-state index in [0.29, 0.717) is 17.2 Å². The molecule has 0 radical (unpaired) electrons. The van der Waals surface area contributed by atoms with E-state index in [2.05, 4.69) is 9.97 Å². The maximum Gasteiger partial charge on any atom is 0.312 e. The summed E-state index contributed by atoms with van der Waals surface area (Å²) in [5.41, 5.74) is 2.16. The fourth-order valence-corrected chi connectivity index (χ4v) is 3.24. The van der Waals surface area contributed by atoms with Gasteiger partial charge in [-0.05, 0) is 69.2 Å². The van der Waals surface area contributed by atoms with Crippen LogP contribution in [0.15, 0.2) is 52.9 Å². The monoisotopic (exact) mass is 450 g/mol. The standard InChI is InChI=1S/C25H23FN2O5/c1-14-11-16(12-15(2)21(14)31-13-25(3,4)24(29)30)22-27-18-9-10-20(28-23(18)33-22)32-19-8-6-5-7-17(19)26/h5-12H,13H2,1-4H3,(H,29,30). The van der Waals surface area contributed by atoms with Gasteiger partial charge in [0.05, 0.1) is 5.41 Å². The van der Waals surface area contributed by atoms with Crippen LogP contribution in [0.3, 0.4) is 0 Å². The Labute approximate surface area is 189 Å². The molecule has 2 heterocycles. The minimum Gasteiger partial charge on any atom is -0.492 e. The van der Waals surface area contributed by atoms with Gasteiger partial charge in [0.15, 0.2) is 11.6 Å². The van der Waals surface area contributed by atoms with E-state index in [1.54, 1.807) is 38.1 Å². The highest BCUT2D eigenvalue weighted by Gasteiger charge is 2.28. The number of carboxylic acids is 1. The molecule has 0 fully saturated rings. The molecular weight excluding hydrogens is 427 g/mol. The molecule has 8 heteroatoms. The predicted molar refractivity (Wildman–Crippen MR) is 120 cm³/mol. The molecule has 33 heavy (non-hydrogen) atoms. The summed E-state index contributed by atoms with van der Waals surface area (Å²) in [5, 5.41) is 9.30. The molecule has 0 atom stereocenters. The van der Waals surface area contributed by atoms with Gasteiger partial charge in [-0.3, -0.25) is 4.79 Å². The van der Waals surface area contributed by atoms with Gasteiger partial charge in [-0.1, -0.05) is 12.1 Å². The van der Waals surface area contributed by atoms with Crippen molar-refractivity contribution in [2.45, 2.75) is 27.7 Å². The van der Waals surface area contributed by atoms with E-state index in [9.17, 15) is 14.3 Å².